The lowest BCUT2D eigenvalue weighted by Crippen LogP contribution is -2.47. The van der Waals surface area contributed by atoms with Gasteiger partial charge in [0.05, 0.1) is 0 Å². The molecule has 7 heteroatoms. The van der Waals surface area contributed by atoms with Crippen LogP contribution in [-0.2, 0) is 15.0 Å². The van der Waals surface area contributed by atoms with Crippen molar-refractivity contribution < 1.29 is 18.3 Å². The minimum Gasteiger partial charge on any atom is -0.480 e. The first-order valence-electron chi connectivity index (χ1n) is 4.71. The number of hydrogen-bond acceptors (Lipinski definition) is 3. The van der Waals surface area contributed by atoms with E-state index in [0.717, 1.165) is 0 Å². The molecule has 0 saturated carbocycles. The fourth-order valence-electron chi connectivity index (χ4n) is 0.803. The van der Waals surface area contributed by atoms with Gasteiger partial charge in [-0.25, -0.2) is 4.72 Å². The van der Waals surface area contributed by atoms with Gasteiger partial charge in [-0.1, -0.05) is 13.8 Å². The first-order chi connectivity index (χ1) is 7.28. The van der Waals surface area contributed by atoms with E-state index in [4.69, 9.17) is 11.5 Å². The van der Waals surface area contributed by atoms with Crippen molar-refractivity contribution in [3.8, 4) is 12.3 Å². The van der Waals surface area contributed by atoms with Crippen LogP contribution in [0.5, 0.6) is 0 Å². The summed E-state index contributed by atoms with van der Waals surface area (Å²) in [6.45, 7) is 3.90. The molecular formula is C9H16N2O4S. The Labute approximate surface area is 95.6 Å². The van der Waals surface area contributed by atoms with E-state index in [0.29, 0.717) is 0 Å². The van der Waals surface area contributed by atoms with E-state index in [1.807, 2.05) is 18.6 Å². The van der Waals surface area contributed by atoms with Gasteiger partial charge in [0.2, 0.25) is 0 Å². The molecule has 0 fully saturated rings. The molecule has 0 aliphatic rings. The summed E-state index contributed by atoms with van der Waals surface area (Å²) in [5.74, 6) is 0.935. The van der Waals surface area contributed by atoms with Gasteiger partial charge in [0, 0.05) is 13.0 Å². The third kappa shape index (κ3) is 6.40. The minimum absolute atomic E-state index is 0.132. The highest BCUT2D eigenvalue weighted by atomic mass is 32.2. The van der Waals surface area contributed by atoms with Crippen molar-refractivity contribution in [2.24, 2.45) is 5.92 Å². The molecule has 0 radical (unpaired) electrons. The smallest absolute Gasteiger partial charge is 0.322 e. The Hall–Kier alpha value is -1.10. The zero-order valence-electron chi connectivity index (χ0n) is 9.23. The van der Waals surface area contributed by atoms with Crippen molar-refractivity contribution in [2.45, 2.75) is 26.3 Å². The summed E-state index contributed by atoms with van der Waals surface area (Å²) in [7, 11) is -3.82. The van der Waals surface area contributed by atoms with Crippen LogP contribution in [0.25, 0.3) is 0 Å². The molecule has 1 atom stereocenters. The highest BCUT2D eigenvalue weighted by Crippen LogP contribution is 1.95. The predicted molar refractivity (Wildman–Crippen MR) is 59.8 cm³/mol. The summed E-state index contributed by atoms with van der Waals surface area (Å²) in [6, 6.07) is -1.30. The maximum absolute atomic E-state index is 11.4. The molecule has 0 saturated heterocycles. The van der Waals surface area contributed by atoms with Crippen molar-refractivity contribution in [3.05, 3.63) is 0 Å². The van der Waals surface area contributed by atoms with Gasteiger partial charge in [-0.2, -0.15) is 13.1 Å². The van der Waals surface area contributed by atoms with Crippen molar-refractivity contribution in [1.29, 1.82) is 0 Å². The molecule has 3 N–H and O–H groups in total. The first-order valence-corrected chi connectivity index (χ1v) is 6.20. The van der Waals surface area contributed by atoms with Crippen molar-refractivity contribution in [2.75, 3.05) is 6.54 Å². The van der Waals surface area contributed by atoms with Crippen molar-refractivity contribution in [3.63, 3.8) is 0 Å². The molecule has 0 aliphatic carbocycles. The fraction of sp³-hybridized carbons (Fsp3) is 0.667. The molecular weight excluding hydrogens is 232 g/mol. The summed E-state index contributed by atoms with van der Waals surface area (Å²) in [5, 5.41) is 8.69. The summed E-state index contributed by atoms with van der Waals surface area (Å²) < 4.78 is 26.9. The number of carboxylic acids is 1. The average Bonchev–Trinajstić information content (AvgIpc) is 2.14. The number of nitrogens with one attached hydrogen (secondary N) is 2. The number of hydrogen-bond donors (Lipinski definition) is 3. The maximum Gasteiger partial charge on any atom is 0.322 e. The van der Waals surface area contributed by atoms with Crippen LogP contribution in [0.1, 0.15) is 20.3 Å². The molecule has 0 aromatic carbocycles. The van der Waals surface area contributed by atoms with E-state index in [2.05, 4.69) is 10.6 Å². The molecule has 1 unspecified atom stereocenters. The quantitative estimate of drug-likeness (QED) is 0.531. The molecule has 0 bridgehead atoms. The molecule has 0 heterocycles. The molecule has 92 valence electrons. The number of aliphatic carboxylic acids is 1. The topological polar surface area (TPSA) is 95.5 Å². The fourth-order valence-corrected chi connectivity index (χ4v) is 2.00. The van der Waals surface area contributed by atoms with Crippen LogP contribution in [-0.4, -0.2) is 32.1 Å². The minimum atomic E-state index is -3.82. The van der Waals surface area contributed by atoms with Gasteiger partial charge in [-0.3, -0.25) is 4.79 Å². The van der Waals surface area contributed by atoms with Crippen LogP contribution in [0, 0.1) is 18.3 Å². The molecule has 0 spiro atoms. The highest BCUT2D eigenvalue weighted by molar-refractivity contribution is 7.87. The molecule has 0 aromatic heterocycles. The van der Waals surface area contributed by atoms with Gasteiger partial charge in [0.1, 0.15) is 6.04 Å². The highest BCUT2D eigenvalue weighted by Gasteiger charge is 2.22. The second-order valence-electron chi connectivity index (χ2n) is 3.66. The van der Waals surface area contributed by atoms with Crippen molar-refractivity contribution >= 4 is 16.2 Å². The maximum atomic E-state index is 11.4. The summed E-state index contributed by atoms with van der Waals surface area (Å²) >= 11 is 0. The molecule has 0 amide bonds. The van der Waals surface area contributed by atoms with E-state index in [1.54, 1.807) is 0 Å². The molecule has 16 heavy (non-hydrogen) atoms. The van der Waals surface area contributed by atoms with E-state index < -0.39 is 22.2 Å². The lowest BCUT2D eigenvalue weighted by molar-refractivity contribution is -0.138. The molecule has 0 rings (SSSR count). The van der Waals surface area contributed by atoms with Gasteiger partial charge >= 0.3 is 5.97 Å². The van der Waals surface area contributed by atoms with Gasteiger partial charge in [-0.15, -0.1) is 12.3 Å². The molecule has 6 nitrogen and oxygen atoms in total. The second kappa shape index (κ2) is 6.48. The number of carbonyl (C=O) groups is 1. The van der Waals surface area contributed by atoms with Crippen molar-refractivity contribution in [1.82, 2.24) is 9.44 Å². The Morgan fingerprint density at radius 3 is 2.44 bits per heavy atom. The lowest BCUT2D eigenvalue weighted by atomic mass is 10.2. The van der Waals surface area contributed by atoms with Gasteiger partial charge in [0.25, 0.3) is 10.2 Å². The Balaban J connectivity index is 4.43. The van der Waals surface area contributed by atoms with Crippen LogP contribution in [0.2, 0.25) is 0 Å². The van der Waals surface area contributed by atoms with Crippen LogP contribution >= 0.6 is 0 Å². The van der Waals surface area contributed by atoms with E-state index >= 15 is 0 Å². The van der Waals surface area contributed by atoms with Crippen LogP contribution in [0.4, 0.5) is 0 Å². The van der Waals surface area contributed by atoms with E-state index in [-0.39, 0.29) is 18.9 Å². The normalized spacial score (nSPS) is 13.4. The van der Waals surface area contributed by atoms with Gasteiger partial charge < -0.3 is 5.11 Å². The largest absolute Gasteiger partial charge is 0.480 e. The van der Waals surface area contributed by atoms with Gasteiger partial charge in [0.15, 0.2) is 0 Å². The van der Waals surface area contributed by atoms with Crippen LogP contribution < -0.4 is 9.44 Å². The van der Waals surface area contributed by atoms with E-state index in [9.17, 15) is 13.2 Å². The summed E-state index contributed by atoms with van der Waals surface area (Å²) in [5.41, 5.74) is 0. The zero-order valence-corrected chi connectivity index (χ0v) is 10.0. The van der Waals surface area contributed by atoms with Crippen LogP contribution in [0.3, 0.4) is 0 Å². The number of terminal acetylenes is 1. The summed E-state index contributed by atoms with van der Waals surface area (Å²) in [6.07, 6.45) is 4.74. The predicted octanol–water partition coefficient (Wildman–Crippen LogP) is -0.457. The van der Waals surface area contributed by atoms with E-state index in [1.165, 1.54) is 0 Å². The molecule has 0 aliphatic heterocycles. The average molecular weight is 248 g/mol. The zero-order chi connectivity index (χ0) is 12.8. The Morgan fingerprint density at radius 2 is 2.06 bits per heavy atom. The van der Waals surface area contributed by atoms with Crippen LogP contribution in [0.15, 0.2) is 0 Å². The standard InChI is InChI=1S/C9H16N2O4S/c1-4-5-8(9(12)13)11-16(14,15)10-6-7(2)3/h1,7-8,10-11H,5-6H2,2-3H3,(H,12,13). The summed E-state index contributed by atoms with van der Waals surface area (Å²) in [4.78, 5) is 10.7. The third-order valence-corrected chi connectivity index (χ3v) is 2.74. The number of rotatable bonds is 7. The Morgan fingerprint density at radius 1 is 1.50 bits per heavy atom. The van der Waals surface area contributed by atoms with Gasteiger partial charge in [-0.05, 0) is 5.92 Å². The monoisotopic (exact) mass is 248 g/mol. The lowest BCUT2D eigenvalue weighted by Gasteiger charge is -2.13. The number of carboxylic acid groups (broad SMARTS) is 1. The Kier molecular flexibility index (Phi) is 6.03. The second-order valence-corrected chi connectivity index (χ2v) is 5.19. The third-order valence-electron chi connectivity index (χ3n) is 1.60. The first kappa shape index (κ1) is 14.9. The molecule has 0 aromatic rings. The Bertz CT molecular complexity index is 369. The SMILES string of the molecule is C#CCC(NS(=O)(=O)NCC(C)C)C(=O)O.